The number of anilines is 2. The number of pyridine rings is 2. The van der Waals surface area contributed by atoms with Crippen LogP contribution in [0.4, 0.5) is 24.8 Å². The Balaban J connectivity index is 1.84. The molecule has 1 aliphatic rings. The normalized spacial score (nSPS) is 21.7. The van der Waals surface area contributed by atoms with Gasteiger partial charge in [-0.15, -0.1) is 0 Å². The molecule has 0 saturated heterocycles. The number of fused-ring (bicyclic) bond motifs is 6. The second-order valence-corrected chi connectivity index (χ2v) is 10.8. The van der Waals surface area contributed by atoms with Crippen LogP contribution in [-0.2, 0) is 27.4 Å². The number of nitrogens with one attached hydrogen (secondary N) is 1. The third-order valence-electron chi connectivity index (χ3n) is 6.10. The zero-order chi connectivity index (χ0) is 30.7. The molecule has 1 N–H and O–H groups in total. The van der Waals surface area contributed by atoms with Crippen LogP contribution in [0.3, 0.4) is 0 Å². The lowest BCUT2D eigenvalue weighted by molar-refractivity contribution is -0.137. The molecule has 4 bridgehead atoms. The molecule has 2 aromatic heterocycles. The zero-order valence-corrected chi connectivity index (χ0v) is 22.1. The molecule has 7 nitrogen and oxygen atoms in total. The Labute approximate surface area is 230 Å². The molecule has 208 valence electrons. The number of ketones is 1. The number of hydrogen-bond acceptors (Lipinski definition) is 6. The summed E-state index contributed by atoms with van der Waals surface area (Å²) in [5.41, 5.74) is -1.50. The number of benzene rings is 1. The number of hydrogen-bond donors (Lipinski definition) is 1. The highest BCUT2D eigenvalue weighted by Gasteiger charge is 2.35. The largest absolute Gasteiger partial charge is 0.418 e. The number of aryl methyl sites for hydroxylation is 1. The fraction of sp³-hybridized carbons (Fsp3) is 0.393. The van der Waals surface area contributed by atoms with Crippen LogP contribution in [0.25, 0.3) is 11.3 Å². The van der Waals surface area contributed by atoms with Crippen molar-refractivity contribution in [2.75, 3.05) is 22.7 Å². The van der Waals surface area contributed by atoms with Crippen molar-refractivity contribution in [3.63, 3.8) is 0 Å². The lowest BCUT2D eigenvalue weighted by Crippen LogP contribution is -2.28. The molecule has 3 unspecified atom stereocenters. The molecular weight excluding hydrogens is 529 g/mol. The Morgan fingerprint density at radius 1 is 1.08 bits per heavy atom. The van der Waals surface area contributed by atoms with E-state index in [0.717, 1.165) is 12.1 Å². The lowest BCUT2D eigenvalue weighted by atomic mass is 9.96. The van der Waals surface area contributed by atoms with Gasteiger partial charge in [0.25, 0.3) is 10.0 Å². The van der Waals surface area contributed by atoms with Crippen LogP contribution in [0.15, 0.2) is 59.6 Å². The number of Topliss-reactive ketones (excluding diaryl/α,β-unsaturated/α-hetero) is 1. The summed E-state index contributed by atoms with van der Waals surface area (Å²) in [6.07, 6.45) is -5.46. The number of nitrogens with zero attached hydrogens (tertiary/aromatic N) is 3. The number of aromatic nitrogens is 2. The highest BCUT2D eigenvalue weighted by molar-refractivity contribution is 7.92. The van der Waals surface area contributed by atoms with E-state index in [-0.39, 0.29) is 54.4 Å². The minimum Gasteiger partial charge on any atom is -0.357 e. The molecule has 1 aliphatic heterocycles. The summed E-state index contributed by atoms with van der Waals surface area (Å²) in [6.45, 7) is 0.793. The van der Waals surface area contributed by atoms with Crippen molar-refractivity contribution in [2.45, 2.75) is 63.0 Å². The molecule has 0 spiro atoms. The van der Waals surface area contributed by atoms with Crippen LogP contribution >= 0.6 is 0 Å². The number of carbonyl (C=O) groups excluding carboxylic acids is 1. The predicted octanol–water partition coefficient (Wildman–Crippen LogP) is 6.26. The smallest absolute Gasteiger partial charge is 0.357 e. The van der Waals surface area contributed by atoms with Crippen LogP contribution in [0, 0.1) is 0 Å². The minimum atomic E-state index is -4.82. The molecule has 3 aromatic rings. The lowest BCUT2D eigenvalue weighted by Gasteiger charge is -2.24. The second-order valence-electron chi connectivity index (χ2n) is 9.13. The van der Waals surface area contributed by atoms with Crippen molar-refractivity contribution in [3.05, 3.63) is 65.7 Å². The number of sulfonamides is 1. The highest BCUT2D eigenvalue weighted by atomic mass is 32.2. The number of rotatable bonds is 4. The van der Waals surface area contributed by atoms with Crippen molar-refractivity contribution in [1.82, 2.24) is 9.97 Å². The molecular formula is C28H31F3N4O3S. The molecule has 3 heterocycles. The Morgan fingerprint density at radius 3 is 2.64 bits per heavy atom. The van der Waals surface area contributed by atoms with Gasteiger partial charge in [0.05, 0.1) is 11.3 Å². The van der Waals surface area contributed by atoms with Gasteiger partial charge >= 0.3 is 6.18 Å². The molecule has 0 fully saturated rings. The SMILES string of the molecule is [2H]C1CCCCN(C([2H])CCC(C)=O)c2cccc(n2)S(=O)(=O)Nc2ccc(C(F)(F)F)c(n2)-c2ccccc2C1[2H]. The van der Waals surface area contributed by atoms with Crippen LogP contribution in [0.1, 0.15) is 60.7 Å². The van der Waals surface area contributed by atoms with Gasteiger partial charge in [0.2, 0.25) is 0 Å². The Kier molecular flexibility index (Phi) is 7.65. The summed E-state index contributed by atoms with van der Waals surface area (Å²) in [6, 6.07) is 11.8. The standard InChI is InChI=1S/C28H31F3N4O3S/c1-20(36)10-9-19-35-18-7-3-2-4-11-21-12-5-6-13-22(21)27-23(28(29,30)31)16-17-24(32-27)34-39(37,38)26-15-8-14-25(35)33-26/h5-6,8,12-17H,2-4,7,9-11,18-19H2,1H3,(H,32,34)/i4D,11D,19D. The summed E-state index contributed by atoms with van der Waals surface area (Å²) in [4.78, 5) is 21.4. The molecule has 11 heteroatoms. The summed E-state index contributed by atoms with van der Waals surface area (Å²) in [5, 5.41) is -0.422. The molecule has 1 aromatic carbocycles. The number of alkyl halides is 3. The van der Waals surface area contributed by atoms with E-state index in [1.54, 1.807) is 17.0 Å². The van der Waals surface area contributed by atoms with Crippen LogP contribution in [0.5, 0.6) is 0 Å². The average Bonchev–Trinajstić information content (AvgIpc) is 2.94. The maximum Gasteiger partial charge on any atom is 0.418 e. The van der Waals surface area contributed by atoms with Crippen molar-refractivity contribution in [2.24, 2.45) is 0 Å². The fourth-order valence-electron chi connectivity index (χ4n) is 4.19. The van der Waals surface area contributed by atoms with E-state index < -0.39 is 51.8 Å². The number of carbonyl (C=O) groups is 1. The highest BCUT2D eigenvalue weighted by Crippen LogP contribution is 2.38. The van der Waals surface area contributed by atoms with Crippen LogP contribution in [-0.4, -0.2) is 37.2 Å². The van der Waals surface area contributed by atoms with E-state index in [4.69, 9.17) is 4.11 Å². The third-order valence-corrected chi connectivity index (χ3v) is 7.35. The first-order valence-corrected chi connectivity index (χ1v) is 14.0. The van der Waals surface area contributed by atoms with Crippen molar-refractivity contribution < 1.29 is 30.5 Å². The minimum absolute atomic E-state index is 0.0127. The molecule has 3 atom stereocenters. The van der Waals surface area contributed by atoms with E-state index in [9.17, 15) is 26.4 Å². The van der Waals surface area contributed by atoms with Crippen molar-refractivity contribution in [3.8, 4) is 11.3 Å². The molecule has 0 aliphatic carbocycles. The van der Waals surface area contributed by atoms with Gasteiger partial charge < -0.3 is 9.69 Å². The maximum absolute atomic E-state index is 14.1. The van der Waals surface area contributed by atoms with Gasteiger partial charge in [-0.05, 0) is 62.4 Å². The zero-order valence-electron chi connectivity index (χ0n) is 24.3. The van der Waals surface area contributed by atoms with E-state index >= 15 is 0 Å². The predicted molar refractivity (Wildman–Crippen MR) is 144 cm³/mol. The Morgan fingerprint density at radius 2 is 1.87 bits per heavy atom. The first-order chi connectivity index (χ1) is 19.8. The van der Waals surface area contributed by atoms with E-state index in [1.807, 2.05) is 0 Å². The topological polar surface area (TPSA) is 92.3 Å². The second kappa shape index (κ2) is 12.1. The van der Waals surface area contributed by atoms with Crippen LogP contribution in [0.2, 0.25) is 0 Å². The van der Waals surface area contributed by atoms with Gasteiger partial charge in [0.1, 0.15) is 17.4 Å². The van der Waals surface area contributed by atoms with Gasteiger partial charge in [-0.25, -0.2) is 9.97 Å². The first-order valence-electron chi connectivity index (χ1n) is 14.2. The molecule has 4 rings (SSSR count). The van der Waals surface area contributed by atoms with E-state index in [2.05, 4.69) is 14.7 Å². The van der Waals surface area contributed by atoms with Gasteiger partial charge in [0.15, 0.2) is 5.03 Å². The van der Waals surface area contributed by atoms with Gasteiger partial charge in [0, 0.05) is 29.2 Å². The molecule has 39 heavy (non-hydrogen) atoms. The quantitative estimate of drug-likeness (QED) is 0.403. The van der Waals surface area contributed by atoms with Crippen molar-refractivity contribution in [1.29, 1.82) is 0 Å². The first kappa shape index (κ1) is 24.6. The molecule has 0 saturated carbocycles. The van der Waals surface area contributed by atoms with Gasteiger partial charge in [-0.2, -0.15) is 21.6 Å². The Hall–Kier alpha value is -3.47. The van der Waals surface area contributed by atoms with E-state index in [0.29, 0.717) is 12.8 Å². The fourth-order valence-corrected chi connectivity index (χ4v) is 5.15. The third kappa shape index (κ3) is 7.35. The van der Waals surface area contributed by atoms with E-state index in [1.165, 1.54) is 37.3 Å². The summed E-state index contributed by atoms with van der Waals surface area (Å²) >= 11 is 0. The average molecular weight is 564 g/mol. The number of halogens is 3. The molecule has 0 amide bonds. The summed E-state index contributed by atoms with van der Waals surface area (Å²) in [7, 11) is -4.43. The monoisotopic (exact) mass is 563 g/mol. The summed E-state index contributed by atoms with van der Waals surface area (Å²) < 4.78 is 97.1. The summed E-state index contributed by atoms with van der Waals surface area (Å²) in [5.74, 6) is -0.293. The van der Waals surface area contributed by atoms with Crippen LogP contribution < -0.4 is 9.62 Å². The maximum atomic E-state index is 14.1. The van der Waals surface area contributed by atoms with Gasteiger partial charge in [-0.1, -0.05) is 43.2 Å². The molecule has 0 radical (unpaired) electrons. The van der Waals surface area contributed by atoms with Crippen molar-refractivity contribution >= 4 is 27.4 Å². The van der Waals surface area contributed by atoms with Gasteiger partial charge in [-0.3, -0.25) is 4.72 Å². The Bertz CT molecular complexity index is 1540.